The molecule has 0 aliphatic carbocycles. The summed E-state index contributed by atoms with van der Waals surface area (Å²) < 4.78 is 26.0. The molecule has 0 saturated carbocycles. The molecule has 3 aromatic rings. The highest BCUT2D eigenvalue weighted by Crippen LogP contribution is 2.34. The molecule has 2 N–H and O–H groups in total. The zero-order chi connectivity index (χ0) is 24.7. The van der Waals surface area contributed by atoms with E-state index in [1.165, 1.54) is 45.8 Å². The lowest BCUT2D eigenvalue weighted by Gasteiger charge is -2.15. The van der Waals surface area contributed by atoms with Crippen molar-refractivity contribution in [2.24, 2.45) is 0 Å². The van der Waals surface area contributed by atoms with E-state index in [0.717, 1.165) is 5.56 Å². The monoisotopic (exact) mass is 468 g/mol. The van der Waals surface area contributed by atoms with Crippen LogP contribution >= 0.6 is 0 Å². The Morgan fingerprint density at radius 1 is 0.853 bits per heavy atom. The van der Waals surface area contributed by atoms with Crippen LogP contribution < -0.4 is 24.8 Å². The molecule has 34 heavy (non-hydrogen) atoms. The highest BCUT2D eigenvalue weighted by Gasteiger charge is 2.22. The third-order valence-electron chi connectivity index (χ3n) is 4.70. The fraction of sp³-hybridized carbons (Fsp3) is 0.208. The lowest BCUT2D eigenvalue weighted by atomic mass is 10.1. The molecule has 2 aromatic carbocycles. The Labute approximate surface area is 195 Å². The van der Waals surface area contributed by atoms with Crippen LogP contribution in [0, 0.1) is 6.92 Å². The van der Waals surface area contributed by atoms with Crippen LogP contribution in [-0.4, -0.2) is 45.7 Å². The summed E-state index contributed by atoms with van der Waals surface area (Å²) in [5.41, 5.74) is 1.40. The van der Waals surface area contributed by atoms with Gasteiger partial charge in [0.05, 0.1) is 44.5 Å². The second-order valence-corrected chi connectivity index (χ2v) is 7.01. The van der Waals surface area contributed by atoms with E-state index >= 15 is 0 Å². The van der Waals surface area contributed by atoms with Crippen molar-refractivity contribution in [2.45, 2.75) is 6.92 Å². The molecular weight excluding hydrogens is 444 g/mol. The molecule has 0 unspecified atom stereocenters. The molecule has 0 atom stereocenters. The number of aryl methyl sites for hydroxylation is 1. The Morgan fingerprint density at radius 3 is 2.21 bits per heavy atom. The molecule has 10 nitrogen and oxygen atoms in total. The predicted octanol–water partition coefficient (Wildman–Crippen LogP) is 3.66. The van der Waals surface area contributed by atoms with Gasteiger partial charge in [0.2, 0.25) is 0 Å². The Kier molecular flexibility index (Phi) is 7.75. The summed E-state index contributed by atoms with van der Waals surface area (Å²) in [5.74, 6) is -0.998. The van der Waals surface area contributed by atoms with Crippen LogP contribution in [0.4, 0.5) is 11.4 Å². The first-order valence-electron chi connectivity index (χ1n) is 10.1. The van der Waals surface area contributed by atoms with Crippen LogP contribution in [-0.2, 0) is 9.53 Å². The van der Waals surface area contributed by atoms with Gasteiger partial charge in [-0.2, -0.15) is 0 Å². The van der Waals surface area contributed by atoms with Gasteiger partial charge in [-0.25, -0.2) is 4.79 Å². The number of benzene rings is 2. The third kappa shape index (κ3) is 5.66. The van der Waals surface area contributed by atoms with E-state index in [1.807, 2.05) is 13.0 Å². The number of anilines is 2. The number of nitrogens with one attached hydrogen (secondary N) is 2. The van der Waals surface area contributed by atoms with Crippen molar-refractivity contribution in [1.82, 2.24) is 0 Å². The average Bonchev–Trinajstić information content (AvgIpc) is 3.37. The first-order valence-corrected chi connectivity index (χ1v) is 10.1. The molecule has 178 valence electrons. The van der Waals surface area contributed by atoms with Crippen molar-refractivity contribution in [3.8, 4) is 17.2 Å². The fourth-order valence-electron chi connectivity index (χ4n) is 3.06. The van der Waals surface area contributed by atoms with Gasteiger partial charge >= 0.3 is 5.97 Å². The molecule has 0 saturated heterocycles. The molecule has 10 heteroatoms. The van der Waals surface area contributed by atoms with Crippen LogP contribution in [0.2, 0.25) is 0 Å². The predicted molar refractivity (Wildman–Crippen MR) is 123 cm³/mol. The molecule has 1 aromatic heterocycles. The average molecular weight is 468 g/mol. The number of hydrogen-bond donors (Lipinski definition) is 2. The maximum Gasteiger partial charge on any atom is 0.340 e. The molecule has 0 spiro atoms. The summed E-state index contributed by atoms with van der Waals surface area (Å²) in [4.78, 5) is 37.7. The molecule has 3 rings (SSSR count). The number of carbonyl (C=O) groups excluding carboxylic acids is 3. The van der Waals surface area contributed by atoms with E-state index in [4.69, 9.17) is 23.4 Å². The number of methoxy groups -OCH3 is 3. The second-order valence-electron chi connectivity index (χ2n) is 7.01. The molecule has 0 aliphatic rings. The first kappa shape index (κ1) is 24.2. The summed E-state index contributed by atoms with van der Waals surface area (Å²) in [7, 11) is 4.30. The zero-order valence-electron chi connectivity index (χ0n) is 19.1. The maximum atomic E-state index is 12.8. The number of hydrogen-bond acceptors (Lipinski definition) is 8. The Morgan fingerprint density at radius 2 is 1.56 bits per heavy atom. The largest absolute Gasteiger partial charge is 0.495 e. The lowest BCUT2D eigenvalue weighted by molar-refractivity contribution is -0.119. The number of amides is 2. The molecule has 0 fully saturated rings. The van der Waals surface area contributed by atoms with Gasteiger partial charge in [0.25, 0.3) is 11.8 Å². The highest BCUT2D eigenvalue weighted by molar-refractivity contribution is 6.07. The Balaban J connectivity index is 1.78. The first-order chi connectivity index (χ1) is 16.4. The minimum Gasteiger partial charge on any atom is -0.495 e. The lowest BCUT2D eigenvalue weighted by Crippen LogP contribution is -2.22. The van der Waals surface area contributed by atoms with Crippen molar-refractivity contribution in [1.29, 1.82) is 0 Å². The minimum atomic E-state index is -0.859. The molecule has 0 aliphatic heterocycles. The quantitative estimate of drug-likeness (QED) is 0.456. The van der Waals surface area contributed by atoms with Gasteiger partial charge in [-0.15, -0.1) is 0 Å². The molecular formula is C24H24N2O8. The molecule has 1 heterocycles. The van der Waals surface area contributed by atoms with Crippen LogP contribution in [0.15, 0.2) is 53.1 Å². The standard InChI is InChI=1S/C24H24N2O8/c1-14-7-8-18(30-2)17(10-14)25-22(27)13-34-24(29)15-11-20(31-3)21(32-4)12-16(15)26-23(28)19-6-5-9-33-19/h5-12H,13H2,1-4H3,(H,25,27)(H,26,28). The van der Waals surface area contributed by atoms with Crippen molar-refractivity contribution in [2.75, 3.05) is 38.6 Å². The van der Waals surface area contributed by atoms with E-state index in [9.17, 15) is 14.4 Å². The van der Waals surface area contributed by atoms with E-state index in [0.29, 0.717) is 11.4 Å². The van der Waals surface area contributed by atoms with Crippen LogP contribution in [0.1, 0.15) is 26.5 Å². The number of esters is 1. The number of rotatable bonds is 9. The van der Waals surface area contributed by atoms with E-state index in [1.54, 1.807) is 18.2 Å². The molecule has 0 radical (unpaired) electrons. The summed E-state index contributed by atoms with van der Waals surface area (Å²) in [6, 6.07) is 11.1. The number of ether oxygens (including phenoxy) is 4. The SMILES string of the molecule is COc1ccc(C)cc1NC(=O)COC(=O)c1cc(OC)c(OC)cc1NC(=O)c1ccco1. The van der Waals surface area contributed by atoms with Crippen molar-refractivity contribution in [3.05, 3.63) is 65.6 Å². The number of furan rings is 1. The van der Waals surface area contributed by atoms with Gasteiger partial charge in [0.1, 0.15) is 5.75 Å². The topological polar surface area (TPSA) is 125 Å². The third-order valence-corrected chi connectivity index (χ3v) is 4.70. The van der Waals surface area contributed by atoms with Crippen LogP contribution in [0.25, 0.3) is 0 Å². The smallest absolute Gasteiger partial charge is 0.340 e. The van der Waals surface area contributed by atoms with Crippen molar-refractivity contribution < 1.29 is 37.7 Å². The Bertz CT molecular complexity index is 1190. The maximum absolute atomic E-state index is 12.8. The summed E-state index contributed by atoms with van der Waals surface area (Å²) in [6.07, 6.45) is 1.35. The number of carbonyl (C=O) groups is 3. The van der Waals surface area contributed by atoms with Crippen LogP contribution in [0.5, 0.6) is 17.2 Å². The van der Waals surface area contributed by atoms with Gasteiger partial charge in [-0.05, 0) is 36.8 Å². The van der Waals surface area contributed by atoms with E-state index in [-0.39, 0.29) is 28.5 Å². The zero-order valence-corrected chi connectivity index (χ0v) is 19.1. The summed E-state index contributed by atoms with van der Waals surface area (Å²) in [5, 5.41) is 5.23. The molecule has 2 amide bonds. The minimum absolute atomic E-state index is 0.0422. The van der Waals surface area contributed by atoms with Gasteiger partial charge in [-0.1, -0.05) is 6.07 Å². The Hall–Kier alpha value is -4.47. The van der Waals surface area contributed by atoms with Gasteiger partial charge in [0, 0.05) is 12.1 Å². The van der Waals surface area contributed by atoms with E-state index in [2.05, 4.69) is 10.6 Å². The van der Waals surface area contributed by atoms with Crippen LogP contribution in [0.3, 0.4) is 0 Å². The fourth-order valence-corrected chi connectivity index (χ4v) is 3.06. The van der Waals surface area contributed by atoms with Crippen molar-refractivity contribution in [3.63, 3.8) is 0 Å². The van der Waals surface area contributed by atoms with E-state index < -0.39 is 24.4 Å². The van der Waals surface area contributed by atoms with Gasteiger partial charge in [-0.3, -0.25) is 9.59 Å². The normalized spacial score (nSPS) is 10.2. The van der Waals surface area contributed by atoms with Crippen molar-refractivity contribution >= 4 is 29.2 Å². The summed E-state index contributed by atoms with van der Waals surface area (Å²) in [6.45, 7) is 1.29. The van der Waals surface area contributed by atoms with Gasteiger partial charge < -0.3 is 34.0 Å². The van der Waals surface area contributed by atoms with Gasteiger partial charge in [0.15, 0.2) is 23.9 Å². The summed E-state index contributed by atoms with van der Waals surface area (Å²) >= 11 is 0. The highest BCUT2D eigenvalue weighted by atomic mass is 16.5. The second kappa shape index (κ2) is 10.9. The molecule has 0 bridgehead atoms.